The monoisotopic (exact) mass is 1930 g/mol. The summed E-state index contributed by atoms with van der Waals surface area (Å²) in [5.74, 6) is -24.8. The molecular formula is C85H113N25O28. The minimum Gasteiger partial charge on any atom is -0.508 e. The van der Waals surface area contributed by atoms with Crippen LogP contribution in [-0.2, 0) is 109 Å². The Bertz CT molecular complexity index is 5350. The average molecular weight is 1930 g/mol. The number of urea groups is 1. The number of amides is 18. The summed E-state index contributed by atoms with van der Waals surface area (Å²) in [6.07, 6.45) is -0.150. The third kappa shape index (κ3) is 31.0. The number of nitrogens with zero attached hydrogens (tertiary/aromatic N) is 3. The zero-order valence-electron chi connectivity index (χ0n) is 76.3. The number of carbonyl (C=O) groups excluding carboxylic acids is 18. The molecule has 4 heterocycles. The van der Waals surface area contributed by atoms with E-state index < -0.39 is 272 Å². The molecule has 53 nitrogen and oxygen atoms in total. The van der Waals surface area contributed by atoms with Gasteiger partial charge in [0.05, 0.1) is 42.6 Å². The van der Waals surface area contributed by atoms with Crippen molar-refractivity contribution in [2.24, 2.45) is 29.0 Å². The second kappa shape index (κ2) is 50.0. The van der Waals surface area contributed by atoms with E-state index in [1.54, 1.807) is 6.92 Å². The van der Waals surface area contributed by atoms with E-state index in [9.17, 15) is 126 Å². The van der Waals surface area contributed by atoms with Crippen molar-refractivity contribution in [1.29, 1.82) is 5.41 Å². The van der Waals surface area contributed by atoms with E-state index in [1.807, 2.05) is 0 Å². The van der Waals surface area contributed by atoms with Gasteiger partial charge in [-0.1, -0.05) is 34.1 Å². The number of phenols is 2. The molecule has 2 aliphatic heterocycles. The fourth-order valence-corrected chi connectivity index (χ4v) is 14.1. The number of aromatic amines is 2. The number of hydrazine groups is 1. The van der Waals surface area contributed by atoms with Crippen molar-refractivity contribution in [2.45, 2.75) is 217 Å². The molecule has 53 heteroatoms. The molecule has 7 rings (SSSR count). The van der Waals surface area contributed by atoms with Crippen LogP contribution in [0.2, 0.25) is 0 Å². The number of aromatic hydroxyl groups is 2. The first-order valence-electron chi connectivity index (χ1n) is 43.3. The minimum atomic E-state index is -1.99. The van der Waals surface area contributed by atoms with Gasteiger partial charge >= 0.3 is 29.9 Å². The number of hydrogen-bond donors (Lipinski definition) is 27. The van der Waals surface area contributed by atoms with Gasteiger partial charge in [0.2, 0.25) is 82.7 Å². The molecule has 2 aliphatic rings. The molecule has 5 aromatic rings. The molecule has 0 unspecified atom stereocenters. The fraction of sp³-hybridized carbons (Fsp3) is 0.459. The third-order valence-corrected chi connectivity index (χ3v) is 21.8. The lowest BCUT2D eigenvalue weighted by Crippen LogP contribution is -2.61. The number of benzene rings is 3. The van der Waals surface area contributed by atoms with Gasteiger partial charge < -0.3 is 142 Å². The van der Waals surface area contributed by atoms with Gasteiger partial charge in [-0.05, 0) is 114 Å². The number of carboxylic acid groups (broad SMARTS) is 3. The quantitative estimate of drug-likeness (QED) is 0.00567. The van der Waals surface area contributed by atoms with Gasteiger partial charge in [-0.3, -0.25) is 97.1 Å². The highest BCUT2D eigenvalue weighted by Crippen LogP contribution is 2.57. The van der Waals surface area contributed by atoms with Crippen LogP contribution < -0.4 is 107 Å². The summed E-state index contributed by atoms with van der Waals surface area (Å²) in [5, 5.41) is 93.1. The van der Waals surface area contributed by atoms with Crippen LogP contribution in [0.4, 0.5) is 4.79 Å². The lowest BCUT2D eigenvalue weighted by atomic mass is 9.77. The number of carbonyl (C=O) groups is 21. The van der Waals surface area contributed by atoms with E-state index in [0.717, 1.165) is 20.9 Å². The van der Waals surface area contributed by atoms with Gasteiger partial charge in [0, 0.05) is 92.5 Å². The molecule has 138 heavy (non-hydrogen) atoms. The van der Waals surface area contributed by atoms with E-state index in [2.05, 4.69) is 105 Å². The number of primary amides is 2. The van der Waals surface area contributed by atoms with Crippen molar-refractivity contribution in [3.63, 3.8) is 0 Å². The van der Waals surface area contributed by atoms with Crippen molar-refractivity contribution in [3.05, 3.63) is 119 Å². The standard InChI is InChI=1S/C85H113N25O28/c1-10-38(4)67(80(132)106-58(31-62(87)114)77(129)103-52(20-23-64(116)117)73(125)97-39(5)68(120)93-34-63(115)100-55(81(133)134)12-11-25-92-83(88)89)107-74(126)53(21-24-65(118)119)101-70(122)42(8)99-75(127)56(27-44-32-90-35-94-44)104-71(123)41(7)96-69(121)40(6)98-76(128)57(28-45-33-91-36-95-45)105-79(131)66(37(2)3)108-84(136)110(9)109-78(130)54(19-22-61(86)113)102-72(124)43-13-16-48-51(26-43)85(138-82(48)135)49-17-14-46(111)29-59(49)137-60-30-47(112)15-18-50(60)85/h13-18,26,29-30,32-33,35-42,52-58,66-67,111-112H,10-12,19-25,27-28,31,34H2,1-9H3,(H2,86,113)(H2,87,114)(H,90,94)(H,91,95)(H,93,120)(H,96,121)(H,97,125)(H,98,128)(H,99,127)(H,100,115)(H,101,122)(H,102,124)(H,103,129)(H,104,123)(H,105,131)(H,106,132)(H,107,126)(H,108,136)(H,109,130)(H,116,117)(H,118,119)(H,133,134)(H4,88,89,92)/t38-,39-,40-,41-,42-,52-,53-,54-,55-,56-,57-,58-,66-,67-/m0/s1. The molecule has 30 N–H and O–H groups in total. The van der Waals surface area contributed by atoms with Crippen LogP contribution in [0.1, 0.15) is 168 Å². The molecule has 0 saturated carbocycles. The van der Waals surface area contributed by atoms with E-state index in [4.69, 9.17) is 32.1 Å². The first-order valence-corrected chi connectivity index (χ1v) is 43.3. The number of hydrogen-bond acceptors (Lipinski definition) is 28. The van der Waals surface area contributed by atoms with Crippen molar-refractivity contribution < 1.29 is 136 Å². The molecule has 0 fully saturated rings. The summed E-state index contributed by atoms with van der Waals surface area (Å²) < 4.78 is 12.1. The molecule has 3 aromatic carbocycles. The lowest BCUT2D eigenvalue weighted by Gasteiger charge is -2.36. The highest BCUT2D eigenvalue weighted by Gasteiger charge is 2.54. The van der Waals surface area contributed by atoms with Gasteiger partial charge in [-0.25, -0.2) is 29.4 Å². The molecule has 14 atom stereocenters. The number of H-pyrrole nitrogens is 2. The van der Waals surface area contributed by atoms with Gasteiger partial charge in [0.25, 0.3) is 11.8 Å². The minimum absolute atomic E-state index is 0.0218. The molecular weight excluding hydrogens is 1820 g/mol. The SMILES string of the molecule is CC[C@H](C)[C@H](NC(=O)[C@H](CCC(=O)O)NC(=O)[C@H](C)NC(=O)[C@H](Cc1c[nH]cn1)NC(=O)[C@H](C)NC(=O)[C@H](C)NC(=O)[C@H](Cc1c[nH]cn1)NC(=O)[C@@H](NC(=O)N(C)NC(=O)[C@H](CCC(N)=O)NC(=O)c1ccc2c(c1)C1(OC2=O)c2ccc(O)cc2Oc2cc(O)ccc21)C(C)C)C(=O)N[C@@H](CC(N)=O)C(=O)N[C@@H](CCC(=O)O)C(=O)N[C@@H](C)C(=O)NCC(=O)N[C@@H](CCCNC(=N)N)C(=O)O. The van der Waals surface area contributed by atoms with Crippen molar-refractivity contribution in [1.82, 2.24) is 110 Å². The molecule has 0 saturated heterocycles. The average Bonchev–Trinajstić information content (AvgIpc) is 1.54. The zero-order chi connectivity index (χ0) is 102. The normalized spacial score (nSPS) is 14.9. The topological polar surface area (TPSA) is 833 Å². The van der Waals surface area contributed by atoms with E-state index >= 15 is 0 Å². The van der Waals surface area contributed by atoms with Gasteiger partial charge in [-0.2, -0.15) is 0 Å². The van der Waals surface area contributed by atoms with Crippen molar-refractivity contribution >= 4 is 130 Å². The Hall–Kier alpha value is -16.6. The molecule has 18 amide bonds. The number of nitrogens with two attached hydrogens (primary N) is 3. The maximum atomic E-state index is 14.4. The predicted octanol–water partition coefficient (Wildman–Crippen LogP) is -5.81. The van der Waals surface area contributed by atoms with Crippen LogP contribution in [0.3, 0.4) is 0 Å². The second-order valence-electron chi connectivity index (χ2n) is 32.9. The molecule has 746 valence electrons. The smallest absolute Gasteiger partial charge is 0.340 e. The number of imidazole rings is 2. The number of carboxylic acids is 3. The van der Waals surface area contributed by atoms with Crippen molar-refractivity contribution in [3.8, 4) is 23.0 Å². The number of aromatic nitrogens is 4. The number of nitrogens with one attached hydrogen (secondary N) is 19. The third-order valence-electron chi connectivity index (χ3n) is 21.8. The van der Waals surface area contributed by atoms with Gasteiger partial charge in [-0.15, -0.1) is 0 Å². The number of aliphatic carboxylic acids is 3. The second-order valence-corrected chi connectivity index (χ2v) is 32.9. The van der Waals surface area contributed by atoms with E-state index in [-0.39, 0.29) is 107 Å². The predicted molar refractivity (Wildman–Crippen MR) is 476 cm³/mol. The highest BCUT2D eigenvalue weighted by molar-refractivity contribution is 6.04. The Labute approximate surface area is 786 Å². The molecule has 2 aromatic heterocycles. The fourth-order valence-electron chi connectivity index (χ4n) is 14.1. The Morgan fingerprint density at radius 3 is 1.42 bits per heavy atom. The molecule has 0 radical (unpaired) electrons. The lowest BCUT2D eigenvalue weighted by molar-refractivity contribution is -0.142. The molecule has 0 aliphatic carbocycles. The maximum absolute atomic E-state index is 14.4. The highest BCUT2D eigenvalue weighted by atomic mass is 16.6. The number of guanidine groups is 1. The van der Waals surface area contributed by atoms with Crippen LogP contribution in [0.5, 0.6) is 23.0 Å². The van der Waals surface area contributed by atoms with Crippen LogP contribution in [0, 0.1) is 17.2 Å². The number of ether oxygens (including phenoxy) is 2. The Morgan fingerprint density at radius 1 is 0.478 bits per heavy atom. The van der Waals surface area contributed by atoms with Crippen LogP contribution in [0.15, 0.2) is 79.6 Å². The summed E-state index contributed by atoms with van der Waals surface area (Å²) in [4.78, 5) is 297. The number of fused-ring (bicyclic) bond motifs is 6. The first kappa shape index (κ1) is 108. The summed E-state index contributed by atoms with van der Waals surface area (Å²) >= 11 is 0. The van der Waals surface area contributed by atoms with Crippen LogP contribution in [-0.4, -0.2) is 280 Å². The van der Waals surface area contributed by atoms with E-state index in [1.165, 1.54) is 114 Å². The Kier molecular flexibility index (Phi) is 39.3. The number of rotatable bonds is 51. The molecule has 1 spiro atoms. The Balaban J connectivity index is 0.955. The van der Waals surface area contributed by atoms with Gasteiger partial charge in [0.15, 0.2) is 11.6 Å². The summed E-state index contributed by atoms with van der Waals surface area (Å²) in [7, 11) is 1.08. The Morgan fingerprint density at radius 2 is 0.935 bits per heavy atom. The van der Waals surface area contributed by atoms with Gasteiger partial charge in [0.1, 0.15) is 102 Å². The van der Waals surface area contributed by atoms with Crippen LogP contribution >= 0.6 is 0 Å². The number of phenolic OH excluding ortho intramolecular Hbond substituents is 2. The summed E-state index contributed by atoms with van der Waals surface area (Å²) in [6.45, 7) is 10.0. The van der Waals surface area contributed by atoms with Crippen LogP contribution in [0.25, 0.3) is 0 Å². The summed E-state index contributed by atoms with van der Waals surface area (Å²) in [6, 6.07) is -10.4. The summed E-state index contributed by atoms with van der Waals surface area (Å²) in [5.41, 5.74) is 17.6. The first-order chi connectivity index (χ1) is 65.0. The number of esters is 1. The zero-order valence-corrected chi connectivity index (χ0v) is 76.3. The largest absolute Gasteiger partial charge is 0.508 e. The molecule has 0 bridgehead atoms. The maximum Gasteiger partial charge on any atom is 0.340 e. The van der Waals surface area contributed by atoms with E-state index in [0.29, 0.717) is 5.01 Å². The van der Waals surface area contributed by atoms with Crippen molar-refractivity contribution in [2.75, 3.05) is 20.1 Å².